The van der Waals surface area contributed by atoms with E-state index in [0.717, 1.165) is 11.8 Å². The van der Waals surface area contributed by atoms with Gasteiger partial charge in [0.15, 0.2) is 0 Å². The third-order valence-corrected chi connectivity index (χ3v) is 2.77. The Morgan fingerprint density at radius 2 is 2.12 bits per heavy atom. The Bertz CT molecular complexity index is 485. The van der Waals surface area contributed by atoms with Crippen LogP contribution in [0.2, 0.25) is 0 Å². The van der Waals surface area contributed by atoms with Gasteiger partial charge in [-0.3, -0.25) is 20.2 Å². The van der Waals surface area contributed by atoms with Gasteiger partial charge in [-0.2, -0.15) is 5.26 Å². The SMILES string of the molecule is N#CSC(C[N+](=O)[O-])c1cccc([N+](=O)[O-])c1. The first-order valence-corrected chi connectivity index (χ1v) is 5.33. The summed E-state index contributed by atoms with van der Waals surface area (Å²) in [6, 6.07) is 5.52. The molecule has 0 aliphatic rings. The molecule has 0 spiro atoms. The number of thioether (sulfide) groups is 1. The first-order valence-electron chi connectivity index (χ1n) is 4.45. The van der Waals surface area contributed by atoms with E-state index in [1.54, 1.807) is 5.40 Å². The summed E-state index contributed by atoms with van der Waals surface area (Å²) in [4.78, 5) is 19.9. The first-order chi connectivity index (χ1) is 8.04. The number of non-ortho nitro benzene ring substituents is 1. The van der Waals surface area contributed by atoms with Gasteiger partial charge in [0, 0.05) is 17.1 Å². The summed E-state index contributed by atoms with van der Waals surface area (Å²) in [6.45, 7) is -0.445. The Balaban J connectivity index is 3.01. The van der Waals surface area contributed by atoms with Gasteiger partial charge in [0.1, 0.15) is 10.7 Å². The van der Waals surface area contributed by atoms with Crippen molar-refractivity contribution in [1.82, 2.24) is 0 Å². The van der Waals surface area contributed by atoms with Gasteiger partial charge in [0.25, 0.3) is 5.69 Å². The molecule has 1 unspecified atom stereocenters. The summed E-state index contributed by atoms with van der Waals surface area (Å²) >= 11 is 0.720. The summed E-state index contributed by atoms with van der Waals surface area (Å²) < 4.78 is 0. The van der Waals surface area contributed by atoms with E-state index >= 15 is 0 Å². The fraction of sp³-hybridized carbons (Fsp3) is 0.222. The van der Waals surface area contributed by atoms with Crippen molar-refractivity contribution in [2.45, 2.75) is 5.25 Å². The summed E-state index contributed by atoms with van der Waals surface area (Å²) in [5.74, 6) is 0. The molecule has 0 bridgehead atoms. The van der Waals surface area contributed by atoms with E-state index < -0.39 is 21.6 Å². The molecule has 0 aliphatic heterocycles. The minimum absolute atomic E-state index is 0.144. The monoisotopic (exact) mass is 253 g/mol. The van der Waals surface area contributed by atoms with E-state index in [9.17, 15) is 20.2 Å². The number of hydrogen-bond acceptors (Lipinski definition) is 6. The second-order valence-corrected chi connectivity index (χ2v) is 4.05. The molecule has 0 radical (unpaired) electrons. The Kier molecular flexibility index (Phi) is 4.42. The van der Waals surface area contributed by atoms with Gasteiger partial charge >= 0.3 is 0 Å². The standard InChI is InChI=1S/C9H7N3O4S/c10-6-17-9(5-11(13)14)7-2-1-3-8(4-7)12(15)16/h1-4,9H,5H2. The molecule has 0 fully saturated rings. The highest BCUT2D eigenvalue weighted by molar-refractivity contribution is 8.03. The summed E-state index contributed by atoms with van der Waals surface area (Å²) in [5.41, 5.74) is 0.261. The molecule has 0 aromatic heterocycles. The van der Waals surface area contributed by atoms with Crippen molar-refractivity contribution in [2.24, 2.45) is 0 Å². The Morgan fingerprint density at radius 3 is 2.65 bits per heavy atom. The molecule has 0 saturated carbocycles. The van der Waals surface area contributed by atoms with Crippen molar-refractivity contribution >= 4 is 17.4 Å². The molecule has 17 heavy (non-hydrogen) atoms. The predicted octanol–water partition coefficient (Wildman–Crippen LogP) is 2.13. The molecule has 1 aromatic rings. The second kappa shape index (κ2) is 5.81. The van der Waals surface area contributed by atoms with Crippen LogP contribution in [0.4, 0.5) is 5.69 Å². The minimum Gasteiger partial charge on any atom is -0.264 e. The number of benzene rings is 1. The molecule has 0 amide bonds. The lowest BCUT2D eigenvalue weighted by atomic mass is 10.1. The number of hydrogen-bond donors (Lipinski definition) is 0. The molecular formula is C9H7N3O4S. The molecule has 88 valence electrons. The van der Waals surface area contributed by atoms with Gasteiger partial charge in [-0.25, -0.2) is 0 Å². The molecule has 0 saturated heterocycles. The fourth-order valence-electron chi connectivity index (χ4n) is 1.25. The number of nitro groups is 2. The van der Waals surface area contributed by atoms with Crippen LogP contribution >= 0.6 is 11.8 Å². The average Bonchev–Trinajstić information content (AvgIpc) is 2.28. The third-order valence-electron chi connectivity index (χ3n) is 1.96. The summed E-state index contributed by atoms with van der Waals surface area (Å²) in [7, 11) is 0. The quantitative estimate of drug-likeness (QED) is 0.451. The largest absolute Gasteiger partial charge is 0.269 e. The maximum atomic E-state index is 10.6. The molecule has 7 nitrogen and oxygen atoms in total. The predicted molar refractivity (Wildman–Crippen MR) is 60.9 cm³/mol. The van der Waals surface area contributed by atoms with Crippen LogP contribution in [0.5, 0.6) is 0 Å². The van der Waals surface area contributed by atoms with E-state index in [2.05, 4.69) is 0 Å². The number of nitrogens with zero attached hydrogens (tertiary/aromatic N) is 3. The van der Waals surface area contributed by atoms with Crippen LogP contribution in [-0.4, -0.2) is 16.4 Å². The van der Waals surface area contributed by atoms with Crippen molar-refractivity contribution in [3.8, 4) is 5.40 Å². The van der Waals surface area contributed by atoms with Crippen LogP contribution in [0.25, 0.3) is 0 Å². The number of rotatable bonds is 5. The maximum absolute atomic E-state index is 10.6. The Labute approximate surface area is 100 Å². The lowest BCUT2D eigenvalue weighted by Crippen LogP contribution is -2.09. The van der Waals surface area contributed by atoms with Crippen molar-refractivity contribution in [3.63, 3.8) is 0 Å². The van der Waals surface area contributed by atoms with Crippen LogP contribution in [0.3, 0.4) is 0 Å². The van der Waals surface area contributed by atoms with E-state index in [1.807, 2.05) is 0 Å². The normalized spacial score (nSPS) is 11.5. The van der Waals surface area contributed by atoms with Gasteiger partial charge in [-0.05, 0) is 17.3 Å². The van der Waals surface area contributed by atoms with Gasteiger partial charge < -0.3 is 0 Å². The number of nitro benzene ring substituents is 1. The van der Waals surface area contributed by atoms with Crippen LogP contribution < -0.4 is 0 Å². The lowest BCUT2D eigenvalue weighted by molar-refractivity contribution is -0.479. The van der Waals surface area contributed by atoms with E-state index in [-0.39, 0.29) is 5.69 Å². The molecule has 0 heterocycles. The fourth-order valence-corrected chi connectivity index (χ4v) is 1.85. The van der Waals surface area contributed by atoms with Crippen molar-refractivity contribution in [2.75, 3.05) is 6.54 Å². The lowest BCUT2D eigenvalue weighted by Gasteiger charge is -2.07. The molecule has 1 atom stereocenters. The van der Waals surface area contributed by atoms with Gasteiger partial charge in [-0.15, -0.1) is 0 Å². The van der Waals surface area contributed by atoms with E-state index in [1.165, 1.54) is 24.3 Å². The zero-order valence-corrected chi connectivity index (χ0v) is 9.29. The van der Waals surface area contributed by atoms with Crippen molar-refractivity contribution < 1.29 is 9.85 Å². The van der Waals surface area contributed by atoms with Crippen molar-refractivity contribution in [3.05, 3.63) is 50.1 Å². The van der Waals surface area contributed by atoms with E-state index in [4.69, 9.17) is 5.26 Å². The molecule has 0 aliphatic carbocycles. The minimum atomic E-state index is -0.699. The topological polar surface area (TPSA) is 110 Å². The summed E-state index contributed by atoms with van der Waals surface area (Å²) in [5, 5.41) is 30.6. The average molecular weight is 253 g/mol. The van der Waals surface area contributed by atoms with Crippen LogP contribution in [0.1, 0.15) is 10.8 Å². The van der Waals surface area contributed by atoms with Crippen LogP contribution in [0, 0.1) is 30.9 Å². The van der Waals surface area contributed by atoms with Gasteiger partial charge in [0.2, 0.25) is 6.54 Å². The highest BCUT2D eigenvalue weighted by Gasteiger charge is 2.20. The van der Waals surface area contributed by atoms with Gasteiger partial charge in [-0.1, -0.05) is 12.1 Å². The smallest absolute Gasteiger partial charge is 0.264 e. The number of nitriles is 1. The Hall–Kier alpha value is -2.14. The van der Waals surface area contributed by atoms with Crippen LogP contribution in [0.15, 0.2) is 24.3 Å². The Morgan fingerprint density at radius 1 is 1.41 bits per heavy atom. The zero-order chi connectivity index (χ0) is 12.8. The molecule has 8 heteroatoms. The molecule has 1 aromatic carbocycles. The highest BCUT2D eigenvalue weighted by atomic mass is 32.2. The maximum Gasteiger partial charge on any atom is 0.269 e. The molecule has 1 rings (SSSR count). The second-order valence-electron chi connectivity index (χ2n) is 3.07. The van der Waals surface area contributed by atoms with Crippen LogP contribution in [-0.2, 0) is 0 Å². The molecular weight excluding hydrogens is 246 g/mol. The zero-order valence-electron chi connectivity index (χ0n) is 8.48. The molecule has 0 N–H and O–H groups in total. The van der Waals surface area contributed by atoms with Gasteiger partial charge in [0.05, 0.1) is 4.92 Å². The van der Waals surface area contributed by atoms with Crippen molar-refractivity contribution in [1.29, 1.82) is 5.26 Å². The first kappa shape index (κ1) is 12.9. The highest BCUT2D eigenvalue weighted by Crippen LogP contribution is 2.30. The number of thiocyanates is 1. The summed E-state index contributed by atoms with van der Waals surface area (Å²) in [6.07, 6.45) is 0. The van der Waals surface area contributed by atoms with E-state index in [0.29, 0.717) is 5.56 Å². The third kappa shape index (κ3) is 3.73.